The highest BCUT2D eigenvalue weighted by atomic mass is 16.4. The van der Waals surface area contributed by atoms with E-state index in [4.69, 9.17) is 5.11 Å². The predicted octanol–water partition coefficient (Wildman–Crippen LogP) is 2.04. The second-order valence-corrected chi connectivity index (χ2v) is 5.34. The first kappa shape index (κ1) is 14.6. The number of carboxylic acids is 1. The van der Waals surface area contributed by atoms with Gasteiger partial charge < -0.3 is 10.0 Å². The van der Waals surface area contributed by atoms with Gasteiger partial charge in [-0.05, 0) is 42.4 Å². The van der Waals surface area contributed by atoms with Crippen molar-refractivity contribution in [2.24, 2.45) is 0 Å². The van der Waals surface area contributed by atoms with Gasteiger partial charge in [0.05, 0.1) is 6.42 Å². The van der Waals surface area contributed by atoms with Crippen LogP contribution in [0.15, 0.2) is 18.2 Å². The van der Waals surface area contributed by atoms with Crippen molar-refractivity contribution >= 4 is 11.9 Å². The Kier molecular flexibility index (Phi) is 4.77. The summed E-state index contributed by atoms with van der Waals surface area (Å²) in [6.45, 7) is 2.23. The SMILES string of the molecule is CCCN(CC(=O)O)C(=O)Cc1ccc2c(c1)CCC2. The number of nitrogens with zero attached hydrogens (tertiary/aromatic N) is 1. The molecule has 1 aliphatic rings. The molecule has 0 heterocycles. The van der Waals surface area contributed by atoms with Crippen molar-refractivity contribution in [1.82, 2.24) is 4.90 Å². The molecule has 1 N–H and O–H groups in total. The molecule has 108 valence electrons. The normalized spacial score (nSPS) is 13.1. The van der Waals surface area contributed by atoms with E-state index in [1.807, 2.05) is 13.0 Å². The molecule has 0 bridgehead atoms. The Bertz CT molecular complexity index is 510. The van der Waals surface area contributed by atoms with Gasteiger partial charge in [0.15, 0.2) is 0 Å². The third-order valence-corrected chi connectivity index (χ3v) is 3.69. The summed E-state index contributed by atoms with van der Waals surface area (Å²) in [4.78, 5) is 24.4. The average Bonchev–Trinajstić information content (AvgIpc) is 2.85. The summed E-state index contributed by atoms with van der Waals surface area (Å²) in [5, 5.41) is 8.86. The van der Waals surface area contributed by atoms with Crippen LogP contribution in [-0.4, -0.2) is 35.0 Å². The molecule has 0 atom stereocenters. The molecular weight excluding hydrogens is 254 g/mol. The predicted molar refractivity (Wildman–Crippen MR) is 76.7 cm³/mol. The van der Waals surface area contributed by atoms with Crippen molar-refractivity contribution in [3.8, 4) is 0 Å². The first-order valence-electron chi connectivity index (χ1n) is 7.20. The van der Waals surface area contributed by atoms with Crippen molar-refractivity contribution < 1.29 is 14.7 Å². The Morgan fingerprint density at radius 2 is 2.00 bits per heavy atom. The molecular formula is C16H21NO3. The van der Waals surface area contributed by atoms with Crippen LogP contribution in [0.25, 0.3) is 0 Å². The summed E-state index contributed by atoms with van der Waals surface area (Å²) >= 11 is 0. The number of carbonyl (C=O) groups is 2. The van der Waals surface area contributed by atoms with E-state index in [0.717, 1.165) is 24.8 Å². The Morgan fingerprint density at radius 1 is 1.25 bits per heavy atom. The Morgan fingerprint density at radius 3 is 2.70 bits per heavy atom. The molecule has 4 heteroatoms. The number of benzene rings is 1. The fourth-order valence-corrected chi connectivity index (χ4v) is 2.75. The molecule has 0 aromatic heterocycles. The highest BCUT2D eigenvalue weighted by Gasteiger charge is 2.17. The number of hydrogen-bond acceptors (Lipinski definition) is 2. The monoisotopic (exact) mass is 275 g/mol. The summed E-state index contributed by atoms with van der Waals surface area (Å²) in [5.41, 5.74) is 3.72. The number of rotatable bonds is 6. The van der Waals surface area contributed by atoms with Crippen molar-refractivity contribution in [3.63, 3.8) is 0 Å². The van der Waals surface area contributed by atoms with Gasteiger partial charge in [-0.15, -0.1) is 0 Å². The van der Waals surface area contributed by atoms with Gasteiger partial charge in [-0.2, -0.15) is 0 Å². The number of aliphatic carboxylic acids is 1. The van der Waals surface area contributed by atoms with Crippen LogP contribution in [0.2, 0.25) is 0 Å². The van der Waals surface area contributed by atoms with Crippen LogP contribution >= 0.6 is 0 Å². The number of fused-ring (bicyclic) bond motifs is 1. The van der Waals surface area contributed by atoms with Gasteiger partial charge in [0, 0.05) is 6.54 Å². The van der Waals surface area contributed by atoms with Gasteiger partial charge in [0.1, 0.15) is 6.54 Å². The molecule has 1 aliphatic carbocycles. The second kappa shape index (κ2) is 6.55. The molecule has 0 fully saturated rings. The molecule has 1 amide bonds. The smallest absolute Gasteiger partial charge is 0.323 e. The number of hydrogen-bond donors (Lipinski definition) is 1. The van der Waals surface area contributed by atoms with Crippen molar-refractivity contribution in [2.75, 3.05) is 13.1 Å². The average molecular weight is 275 g/mol. The van der Waals surface area contributed by atoms with Gasteiger partial charge in [-0.25, -0.2) is 0 Å². The summed E-state index contributed by atoms with van der Waals surface area (Å²) in [7, 11) is 0. The largest absolute Gasteiger partial charge is 0.480 e. The number of amides is 1. The molecule has 0 radical (unpaired) electrons. The number of carbonyl (C=O) groups excluding carboxylic acids is 1. The van der Waals surface area contributed by atoms with Crippen LogP contribution in [0.3, 0.4) is 0 Å². The zero-order chi connectivity index (χ0) is 14.5. The van der Waals surface area contributed by atoms with Crippen molar-refractivity contribution in [1.29, 1.82) is 0 Å². The molecule has 0 saturated carbocycles. The highest BCUT2D eigenvalue weighted by Crippen LogP contribution is 2.23. The molecule has 20 heavy (non-hydrogen) atoms. The second-order valence-electron chi connectivity index (χ2n) is 5.34. The zero-order valence-corrected chi connectivity index (χ0v) is 11.9. The van der Waals surface area contributed by atoms with E-state index in [-0.39, 0.29) is 12.5 Å². The standard InChI is InChI=1S/C16H21NO3/c1-2-8-17(11-16(19)20)15(18)10-12-6-7-13-4-3-5-14(13)9-12/h6-7,9H,2-5,8,10-11H2,1H3,(H,19,20). The van der Waals surface area contributed by atoms with Crippen LogP contribution in [0.4, 0.5) is 0 Å². The summed E-state index contributed by atoms with van der Waals surface area (Å²) in [6.07, 6.45) is 4.47. The lowest BCUT2D eigenvalue weighted by molar-refractivity contribution is -0.144. The van der Waals surface area contributed by atoms with Gasteiger partial charge in [0.25, 0.3) is 0 Å². The minimum Gasteiger partial charge on any atom is -0.480 e. The molecule has 0 unspecified atom stereocenters. The molecule has 0 spiro atoms. The van der Waals surface area contributed by atoms with Gasteiger partial charge in [-0.1, -0.05) is 25.1 Å². The topological polar surface area (TPSA) is 57.6 Å². The van der Waals surface area contributed by atoms with E-state index in [1.54, 1.807) is 0 Å². The molecule has 0 aliphatic heterocycles. The third-order valence-electron chi connectivity index (χ3n) is 3.69. The lowest BCUT2D eigenvalue weighted by atomic mass is 10.0. The first-order chi connectivity index (χ1) is 9.60. The van der Waals surface area contributed by atoms with Crippen molar-refractivity contribution in [2.45, 2.75) is 39.0 Å². The minimum absolute atomic E-state index is 0.104. The van der Waals surface area contributed by atoms with Gasteiger partial charge in [-0.3, -0.25) is 9.59 Å². The maximum atomic E-state index is 12.2. The van der Waals surface area contributed by atoms with Crippen molar-refractivity contribution in [3.05, 3.63) is 34.9 Å². The van der Waals surface area contributed by atoms with Gasteiger partial charge in [0.2, 0.25) is 5.91 Å². The van der Waals surface area contributed by atoms with Crippen LogP contribution < -0.4 is 0 Å². The summed E-state index contributed by atoms with van der Waals surface area (Å²) in [5.74, 6) is -1.06. The van der Waals surface area contributed by atoms with Gasteiger partial charge >= 0.3 is 5.97 Å². The number of carboxylic acid groups (broad SMARTS) is 1. The van der Waals surface area contributed by atoms with E-state index < -0.39 is 5.97 Å². The lowest BCUT2D eigenvalue weighted by Gasteiger charge is -2.20. The molecule has 4 nitrogen and oxygen atoms in total. The van der Waals surface area contributed by atoms with Crippen LogP contribution in [0.1, 0.15) is 36.5 Å². The third kappa shape index (κ3) is 3.59. The van der Waals surface area contributed by atoms with Crippen LogP contribution in [-0.2, 0) is 28.9 Å². The first-order valence-corrected chi connectivity index (χ1v) is 7.20. The Hall–Kier alpha value is -1.84. The quantitative estimate of drug-likeness (QED) is 0.864. The zero-order valence-electron chi connectivity index (χ0n) is 11.9. The fourth-order valence-electron chi connectivity index (χ4n) is 2.75. The van der Waals surface area contributed by atoms with E-state index in [2.05, 4.69) is 12.1 Å². The molecule has 1 aromatic rings. The minimum atomic E-state index is -0.958. The van der Waals surface area contributed by atoms with E-state index in [1.165, 1.54) is 22.4 Å². The highest BCUT2D eigenvalue weighted by molar-refractivity contribution is 5.83. The molecule has 1 aromatic carbocycles. The fraction of sp³-hybridized carbons (Fsp3) is 0.500. The lowest BCUT2D eigenvalue weighted by Crippen LogP contribution is -2.37. The summed E-state index contributed by atoms with van der Waals surface area (Å²) in [6, 6.07) is 6.20. The van der Waals surface area contributed by atoms with E-state index in [0.29, 0.717) is 13.0 Å². The Balaban J connectivity index is 2.03. The summed E-state index contributed by atoms with van der Waals surface area (Å²) < 4.78 is 0. The Labute approximate surface area is 119 Å². The maximum Gasteiger partial charge on any atom is 0.323 e. The van der Waals surface area contributed by atoms with E-state index in [9.17, 15) is 9.59 Å². The van der Waals surface area contributed by atoms with Crippen LogP contribution in [0.5, 0.6) is 0 Å². The molecule has 0 saturated heterocycles. The number of aryl methyl sites for hydroxylation is 2. The van der Waals surface area contributed by atoms with E-state index >= 15 is 0 Å². The maximum absolute atomic E-state index is 12.2. The molecule has 2 rings (SSSR count). The van der Waals surface area contributed by atoms with Crippen LogP contribution in [0, 0.1) is 0 Å².